The second kappa shape index (κ2) is 8.14. The average Bonchev–Trinajstić information content (AvgIpc) is 3.35. The van der Waals surface area contributed by atoms with Crippen molar-refractivity contribution < 1.29 is 4.74 Å². The second-order valence-electron chi connectivity index (χ2n) is 6.56. The standard InChI is InChI=1S/C22H16ClN5OS/c23-17-10-6-15(7-11-17)14-29-19-12-8-16(9-13-19)20-25-26-22-28(20)27-21(30-22)24-18-4-2-1-3-5-18/h1-13H,14H2,(H,24,27). The van der Waals surface area contributed by atoms with Crippen molar-refractivity contribution in [1.29, 1.82) is 0 Å². The number of hydrogen-bond donors (Lipinski definition) is 1. The third-order valence-corrected chi connectivity index (χ3v) is 5.51. The van der Waals surface area contributed by atoms with E-state index in [1.807, 2.05) is 78.9 Å². The lowest BCUT2D eigenvalue weighted by atomic mass is 10.2. The summed E-state index contributed by atoms with van der Waals surface area (Å²) in [6.45, 7) is 0.478. The molecule has 1 N–H and O–H groups in total. The van der Waals surface area contributed by atoms with Crippen LogP contribution in [-0.4, -0.2) is 19.8 Å². The van der Waals surface area contributed by atoms with E-state index in [1.165, 1.54) is 11.3 Å². The molecule has 0 spiro atoms. The largest absolute Gasteiger partial charge is 0.489 e. The summed E-state index contributed by atoms with van der Waals surface area (Å²) in [5.74, 6) is 1.46. The summed E-state index contributed by atoms with van der Waals surface area (Å²) in [7, 11) is 0. The maximum atomic E-state index is 5.92. The molecule has 0 atom stereocenters. The number of nitrogens with zero attached hydrogens (tertiary/aromatic N) is 4. The molecule has 0 radical (unpaired) electrons. The van der Waals surface area contributed by atoms with Crippen molar-refractivity contribution in [3.8, 4) is 17.1 Å². The van der Waals surface area contributed by atoms with Crippen LogP contribution in [0, 0.1) is 0 Å². The summed E-state index contributed by atoms with van der Waals surface area (Å²) in [6.07, 6.45) is 0. The Morgan fingerprint density at radius 1 is 0.900 bits per heavy atom. The van der Waals surface area contributed by atoms with E-state index in [2.05, 4.69) is 20.6 Å². The molecule has 30 heavy (non-hydrogen) atoms. The van der Waals surface area contributed by atoms with Gasteiger partial charge in [-0.15, -0.1) is 15.3 Å². The van der Waals surface area contributed by atoms with Crippen LogP contribution in [0.4, 0.5) is 10.8 Å². The smallest absolute Gasteiger partial charge is 0.236 e. The molecule has 148 valence electrons. The van der Waals surface area contributed by atoms with Gasteiger partial charge < -0.3 is 10.1 Å². The normalized spacial score (nSPS) is 11.0. The fourth-order valence-corrected chi connectivity index (χ4v) is 3.83. The number of halogens is 1. The first kappa shape index (κ1) is 18.6. The molecular formula is C22H16ClN5OS. The molecule has 6 nitrogen and oxygen atoms in total. The lowest BCUT2D eigenvalue weighted by Crippen LogP contribution is -1.96. The SMILES string of the molecule is Clc1ccc(COc2ccc(-c3nnc4sc(Nc5ccccc5)nn34)cc2)cc1. The minimum Gasteiger partial charge on any atom is -0.489 e. The van der Waals surface area contributed by atoms with Crippen LogP contribution in [0.25, 0.3) is 16.3 Å². The Hall–Kier alpha value is -3.42. The van der Waals surface area contributed by atoms with E-state index < -0.39 is 0 Å². The summed E-state index contributed by atoms with van der Waals surface area (Å²) in [6, 6.07) is 25.3. The lowest BCUT2D eigenvalue weighted by molar-refractivity contribution is 0.306. The quantitative estimate of drug-likeness (QED) is 0.365. The number of benzene rings is 3. The Balaban J connectivity index is 1.32. The molecule has 5 aromatic rings. The molecule has 2 aromatic heterocycles. The number of ether oxygens (including phenoxy) is 1. The van der Waals surface area contributed by atoms with Gasteiger partial charge in [0.15, 0.2) is 5.82 Å². The van der Waals surface area contributed by atoms with E-state index in [4.69, 9.17) is 16.3 Å². The Bertz CT molecular complexity index is 1270. The molecule has 2 heterocycles. The van der Waals surface area contributed by atoms with Crippen LogP contribution in [0.5, 0.6) is 5.75 Å². The highest BCUT2D eigenvalue weighted by atomic mass is 35.5. The van der Waals surface area contributed by atoms with Gasteiger partial charge in [0.25, 0.3) is 0 Å². The second-order valence-corrected chi connectivity index (χ2v) is 7.95. The van der Waals surface area contributed by atoms with E-state index in [-0.39, 0.29) is 0 Å². The predicted octanol–water partition coefficient (Wildman–Crippen LogP) is 5.83. The Labute approximate surface area is 181 Å². The summed E-state index contributed by atoms with van der Waals surface area (Å²) in [5.41, 5.74) is 2.95. The first-order valence-electron chi connectivity index (χ1n) is 9.27. The highest BCUT2D eigenvalue weighted by Crippen LogP contribution is 2.27. The molecule has 3 aromatic carbocycles. The fraction of sp³-hybridized carbons (Fsp3) is 0.0455. The highest BCUT2D eigenvalue weighted by Gasteiger charge is 2.13. The molecule has 0 fully saturated rings. The third-order valence-electron chi connectivity index (χ3n) is 4.45. The van der Waals surface area contributed by atoms with Crippen molar-refractivity contribution in [3.63, 3.8) is 0 Å². The van der Waals surface area contributed by atoms with Crippen molar-refractivity contribution >= 4 is 38.7 Å². The number of nitrogens with one attached hydrogen (secondary N) is 1. The van der Waals surface area contributed by atoms with Crippen LogP contribution in [0.1, 0.15) is 5.56 Å². The maximum Gasteiger partial charge on any atom is 0.236 e. The van der Waals surface area contributed by atoms with Crippen LogP contribution in [0.15, 0.2) is 78.9 Å². The molecule has 0 aliphatic rings. The van der Waals surface area contributed by atoms with Gasteiger partial charge in [-0.3, -0.25) is 0 Å². The van der Waals surface area contributed by atoms with Crippen molar-refractivity contribution in [2.24, 2.45) is 0 Å². The van der Waals surface area contributed by atoms with Gasteiger partial charge in [-0.05, 0) is 54.1 Å². The number of hydrogen-bond acceptors (Lipinski definition) is 6. The molecule has 0 saturated heterocycles. The molecule has 0 bridgehead atoms. The first-order valence-corrected chi connectivity index (χ1v) is 10.5. The summed E-state index contributed by atoms with van der Waals surface area (Å²) < 4.78 is 7.60. The van der Waals surface area contributed by atoms with Gasteiger partial charge in [0.2, 0.25) is 10.1 Å². The highest BCUT2D eigenvalue weighted by molar-refractivity contribution is 7.20. The van der Waals surface area contributed by atoms with E-state index in [9.17, 15) is 0 Å². The van der Waals surface area contributed by atoms with Crippen molar-refractivity contribution in [2.75, 3.05) is 5.32 Å². The molecule has 0 aliphatic carbocycles. The van der Waals surface area contributed by atoms with Gasteiger partial charge in [0.05, 0.1) is 0 Å². The first-order chi connectivity index (χ1) is 14.7. The molecular weight excluding hydrogens is 418 g/mol. The van der Waals surface area contributed by atoms with Gasteiger partial charge in [0, 0.05) is 16.3 Å². The Kier molecular flexibility index (Phi) is 5.04. The van der Waals surface area contributed by atoms with E-state index >= 15 is 0 Å². The number of aromatic nitrogens is 4. The summed E-state index contributed by atoms with van der Waals surface area (Å²) >= 11 is 7.37. The van der Waals surface area contributed by atoms with Gasteiger partial charge in [0.1, 0.15) is 12.4 Å². The van der Waals surface area contributed by atoms with E-state index in [1.54, 1.807) is 4.52 Å². The predicted molar refractivity (Wildman–Crippen MR) is 120 cm³/mol. The fourth-order valence-electron chi connectivity index (χ4n) is 2.94. The van der Waals surface area contributed by atoms with Crippen molar-refractivity contribution in [2.45, 2.75) is 6.61 Å². The molecule has 0 unspecified atom stereocenters. The number of anilines is 2. The molecule has 0 saturated carbocycles. The van der Waals surface area contributed by atoms with Crippen LogP contribution < -0.4 is 10.1 Å². The van der Waals surface area contributed by atoms with Gasteiger partial charge in [-0.2, -0.15) is 4.52 Å². The Morgan fingerprint density at radius 3 is 2.43 bits per heavy atom. The van der Waals surface area contributed by atoms with Crippen molar-refractivity contribution in [3.05, 3.63) is 89.4 Å². The van der Waals surface area contributed by atoms with Crippen LogP contribution in [-0.2, 0) is 6.61 Å². The maximum absolute atomic E-state index is 5.92. The molecule has 0 aliphatic heterocycles. The number of fused-ring (bicyclic) bond motifs is 1. The van der Waals surface area contributed by atoms with Crippen LogP contribution in [0.3, 0.4) is 0 Å². The Morgan fingerprint density at radius 2 is 1.67 bits per heavy atom. The number of rotatable bonds is 6. The van der Waals surface area contributed by atoms with Crippen LogP contribution >= 0.6 is 22.9 Å². The lowest BCUT2D eigenvalue weighted by Gasteiger charge is -2.07. The van der Waals surface area contributed by atoms with Gasteiger partial charge in [-0.1, -0.05) is 53.3 Å². The van der Waals surface area contributed by atoms with Crippen molar-refractivity contribution in [1.82, 2.24) is 19.8 Å². The zero-order chi connectivity index (χ0) is 20.3. The van der Waals surface area contributed by atoms with Gasteiger partial charge in [-0.25, -0.2) is 0 Å². The summed E-state index contributed by atoms with van der Waals surface area (Å²) in [4.78, 5) is 0.728. The van der Waals surface area contributed by atoms with Gasteiger partial charge >= 0.3 is 0 Å². The number of para-hydroxylation sites is 1. The minimum atomic E-state index is 0.478. The third kappa shape index (κ3) is 3.98. The zero-order valence-electron chi connectivity index (χ0n) is 15.7. The van der Waals surface area contributed by atoms with Crippen LogP contribution in [0.2, 0.25) is 5.02 Å². The molecule has 8 heteroatoms. The minimum absolute atomic E-state index is 0.478. The topological polar surface area (TPSA) is 64.3 Å². The average molecular weight is 434 g/mol. The molecule has 5 rings (SSSR count). The zero-order valence-corrected chi connectivity index (χ0v) is 17.3. The van der Waals surface area contributed by atoms with E-state index in [0.717, 1.165) is 32.7 Å². The monoisotopic (exact) mass is 433 g/mol. The summed E-state index contributed by atoms with van der Waals surface area (Å²) in [5, 5.41) is 17.9. The molecule has 0 amide bonds. The van der Waals surface area contributed by atoms with E-state index in [0.29, 0.717) is 17.5 Å².